The van der Waals surface area contributed by atoms with Crippen molar-refractivity contribution in [3.63, 3.8) is 0 Å². The molecule has 0 saturated carbocycles. The lowest BCUT2D eigenvalue weighted by Gasteiger charge is -2.39. The first-order chi connectivity index (χ1) is 12.3. The maximum atomic E-state index is 13.1. The number of hydrogen-bond donors (Lipinski definition) is 0. The highest BCUT2D eigenvalue weighted by molar-refractivity contribution is 7.91. The summed E-state index contributed by atoms with van der Waals surface area (Å²) in [7, 11) is -2.87. The third kappa shape index (κ3) is 4.41. The SMILES string of the molecule is CC(C)[C@@H](C(=O)N1CCN([C@H]2CCS(=O)(=O)C2)CC1)c1ccc(Cl)cc1. The van der Waals surface area contributed by atoms with E-state index in [1.807, 2.05) is 29.2 Å². The molecular weight excluding hydrogens is 372 g/mol. The first-order valence-corrected chi connectivity index (χ1v) is 11.5. The number of piperazine rings is 1. The summed E-state index contributed by atoms with van der Waals surface area (Å²) in [6, 6.07) is 7.65. The first kappa shape index (κ1) is 19.6. The Kier molecular flexibility index (Phi) is 5.94. The van der Waals surface area contributed by atoms with E-state index < -0.39 is 9.84 Å². The van der Waals surface area contributed by atoms with Crippen LogP contribution >= 0.6 is 11.6 Å². The van der Waals surface area contributed by atoms with Crippen molar-refractivity contribution in [2.45, 2.75) is 32.2 Å². The minimum Gasteiger partial charge on any atom is -0.340 e. The molecule has 0 aromatic heterocycles. The second-order valence-electron chi connectivity index (χ2n) is 7.69. The zero-order valence-corrected chi connectivity index (χ0v) is 17.0. The van der Waals surface area contributed by atoms with Crippen molar-refractivity contribution in [1.29, 1.82) is 0 Å². The number of amides is 1. The van der Waals surface area contributed by atoms with E-state index in [0.717, 1.165) is 25.1 Å². The maximum absolute atomic E-state index is 13.1. The highest BCUT2D eigenvalue weighted by atomic mass is 35.5. The van der Waals surface area contributed by atoms with Gasteiger partial charge in [0.1, 0.15) is 0 Å². The van der Waals surface area contributed by atoms with Crippen LogP contribution in [0.25, 0.3) is 0 Å². The van der Waals surface area contributed by atoms with Gasteiger partial charge in [-0.15, -0.1) is 0 Å². The normalized spacial score (nSPS) is 24.8. The molecule has 2 heterocycles. The molecule has 0 unspecified atom stereocenters. The number of halogens is 1. The fraction of sp³-hybridized carbons (Fsp3) is 0.632. The number of carbonyl (C=O) groups is 1. The number of nitrogens with zero attached hydrogens (tertiary/aromatic N) is 2. The van der Waals surface area contributed by atoms with Crippen LogP contribution in [0.15, 0.2) is 24.3 Å². The van der Waals surface area contributed by atoms with Gasteiger partial charge in [0.25, 0.3) is 0 Å². The Balaban J connectivity index is 1.64. The van der Waals surface area contributed by atoms with Gasteiger partial charge < -0.3 is 4.90 Å². The van der Waals surface area contributed by atoms with E-state index in [9.17, 15) is 13.2 Å². The molecule has 0 aliphatic carbocycles. The Bertz CT molecular complexity index is 741. The van der Waals surface area contributed by atoms with Gasteiger partial charge in [-0.05, 0) is 30.0 Å². The van der Waals surface area contributed by atoms with E-state index in [0.29, 0.717) is 23.9 Å². The molecule has 1 amide bonds. The minimum absolute atomic E-state index is 0.120. The highest BCUT2D eigenvalue weighted by Crippen LogP contribution is 2.29. The Morgan fingerprint density at radius 3 is 2.23 bits per heavy atom. The predicted octanol–water partition coefficient (Wildman–Crippen LogP) is 2.41. The Labute approximate surface area is 161 Å². The topological polar surface area (TPSA) is 57.7 Å². The van der Waals surface area contributed by atoms with Gasteiger partial charge in [0.05, 0.1) is 17.4 Å². The second kappa shape index (κ2) is 7.87. The van der Waals surface area contributed by atoms with Crippen molar-refractivity contribution < 1.29 is 13.2 Å². The van der Waals surface area contributed by atoms with Crippen LogP contribution in [0.5, 0.6) is 0 Å². The van der Waals surface area contributed by atoms with E-state index in [-0.39, 0.29) is 29.5 Å². The number of hydrogen-bond acceptors (Lipinski definition) is 4. The van der Waals surface area contributed by atoms with Crippen molar-refractivity contribution in [3.05, 3.63) is 34.9 Å². The van der Waals surface area contributed by atoms with E-state index >= 15 is 0 Å². The number of rotatable bonds is 4. The summed E-state index contributed by atoms with van der Waals surface area (Å²) in [5, 5.41) is 0.670. The van der Waals surface area contributed by atoms with Gasteiger partial charge in [-0.3, -0.25) is 9.69 Å². The molecule has 144 valence electrons. The molecule has 0 radical (unpaired) electrons. The van der Waals surface area contributed by atoms with Gasteiger partial charge in [0.15, 0.2) is 9.84 Å². The van der Waals surface area contributed by atoms with Gasteiger partial charge in [-0.2, -0.15) is 0 Å². The van der Waals surface area contributed by atoms with Gasteiger partial charge in [-0.25, -0.2) is 8.42 Å². The molecule has 2 fully saturated rings. The number of benzene rings is 1. The predicted molar refractivity (Wildman–Crippen MR) is 104 cm³/mol. The Morgan fingerprint density at radius 1 is 1.12 bits per heavy atom. The molecule has 26 heavy (non-hydrogen) atoms. The molecular formula is C19H27ClN2O3S. The summed E-state index contributed by atoms with van der Waals surface area (Å²) in [5.41, 5.74) is 0.999. The molecule has 0 N–H and O–H groups in total. The van der Waals surface area contributed by atoms with E-state index in [2.05, 4.69) is 18.7 Å². The van der Waals surface area contributed by atoms with Crippen LogP contribution in [0, 0.1) is 5.92 Å². The van der Waals surface area contributed by atoms with E-state index in [1.165, 1.54) is 0 Å². The summed E-state index contributed by atoms with van der Waals surface area (Å²) in [6.45, 7) is 6.95. The Hall–Kier alpha value is -1.11. The number of carbonyl (C=O) groups excluding carboxylic acids is 1. The fourth-order valence-corrected chi connectivity index (χ4v) is 5.94. The molecule has 1 aromatic carbocycles. The largest absolute Gasteiger partial charge is 0.340 e. The molecule has 1 aromatic rings. The standard InChI is InChI=1S/C19H27ClN2O3S/c1-14(2)18(15-3-5-16(20)6-4-15)19(23)22-10-8-21(9-11-22)17-7-12-26(24,25)13-17/h3-6,14,17-18H,7-13H2,1-2H3/t17-,18+/m0/s1. The monoisotopic (exact) mass is 398 g/mol. The van der Waals surface area contributed by atoms with Gasteiger partial charge >= 0.3 is 0 Å². The molecule has 0 bridgehead atoms. The maximum Gasteiger partial charge on any atom is 0.230 e. The average Bonchev–Trinajstić information content (AvgIpc) is 2.96. The fourth-order valence-electron chi connectivity index (χ4n) is 4.05. The molecule has 2 saturated heterocycles. The van der Waals surface area contributed by atoms with Crippen molar-refractivity contribution in [1.82, 2.24) is 9.80 Å². The summed E-state index contributed by atoms with van der Waals surface area (Å²) in [5.74, 6) is 0.733. The molecule has 2 aliphatic heterocycles. The van der Waals surface area contributed by atoms with Crippen LogP contribution in [-0.2, 0) is 14.6 Å². The summed E-state index contributed by atoms with van der Waals surface area (Å²) in [6.07, 6.45) is 0.718. The lowest BCUT2D eigenvalue weighted by Crippen LogP contribution is -2.53. The Morgan fingerprint density at radius 2 is 1.73 bits per heavy atom. The van der Waals surface area contributed by atoms with Crippen LogP contribution in [0.4, 0.5) is 0 Å². The average molecular weight is 399 g/mol. The molecule has 2 aliphatic rings. The van der Waals surface area contributed by atoms with Crippen LogP contribution < -0.4 is 0 Å². The molecule has 0 spiro atoms. The van der Waals surface area contributed by atoms with Crippen molar-refractivity contribution in [2.75, 3.05) is 37.7 Å². The zero-order valence-electron chi connectivity index (χ0n) is 15.4. The smallest absolute Gasteiger partial charge is 0.230 e. The summed E-state index contributed by atoms with van der Waals surface area (Å²) >= 11 is 5.98. The minimum atomic E-state index is -2.87. The van der Waals surface area contributed by atoms with E-state index in [4.69, 9.17) is 11.6 Å². The van der Waals surface area contributed by atoms with Crippen LogP contribution in [0.2, 0.25) is 5.02 Å². The van der Waals surface area contributed by atoms with E-state index in [1.54, 1.807) is 0 Å². The highest BCUT2D eigenvalue weighted by Gasteiger charge is 2.36. The van der Waals surface area contributed by atoms with Crippen LogP contribution in [0.3, 0.4) is 0 Å². The molecule has 3 rings (SSSR count). The van der Waals surface area contributed by atoms with Crippen molar-refractivity contribution in [3.8, 4) is 0 Å². The molecule has 5 nitrogen and oxygen atoms in total. The van der Waals surface area contributed by atoms with Gasteiger partial charge in [-0.1, -0.05) is 37.6 Å². The second-order valence-corrected chi connectivity index (χ2v) is 10.4. The number of sulfone groups is 1. The lowest BCUT2D eigenvalue weighted by molar-refractivity contribution is -0.135. The molecule has 2 atom stereocenters. The first-order valence-electron chi connectivity index (χ1n) is 9.25. The lowest BCUT2D eigenvalue weighted by atomic mass is 9.87. The van der Waals surface area contributed by atoms with Gasteiger partial charge in [0.2, 0.25) is 5.91 Å². The quantitative estimate of drug-likeness (QED) is 0.781. The third-order valence-electron chi connectivity index (χ3n) is 5.51. The zero-order chi connectivity index (χ0) is 18.9. The van der Waals surface area contributed by atoms with Crippen LogP contribution in [-0.4, -0.2) is 67.9 Å². The summed E-state index contributed by atoms with van der Waals surface area (Å²) < 4.78 is 23.4. The molecule has 7 heteroatoms. The van der Waals surface area contributed by atoms with Crippen molar-refractivity contribution >= 4 is 27.3 Å². The summed E-state index contributed by atoms with van der Waals surface area (Å²) in [4.78, 5) is 17.3. The third-order valence-corrected chi connectivity index (χ3v) is 7.51. The van der Waals surface area contributed by atoms with Crippen LogP contribution in [0.1, 0.15) is 31.7 Å². The van der Waals surface area contributed by atoms with Gasteiger partial charge in [0, 0.05) is 37.2 Å². The van der Waals surface area contributed by atoms with Crippen molar-refractivity contribution in [2.24, 2.45) is 5.92 Å².